The average molecular weight is 226 g/mol. The van der Waals surface area contributed by atoms with E-state index in [0.717, 1.165) is 31.5 Å². The predicted octanol–water partition coefficient (Wildman–Crippen LogP) is 1.86. The van der Waals surface area contributed by atoms with Crippen molar-refractivity contribution < 1.29 is 14.4 Å². The van der Waals surface area contributed by atoms with Gasteiger partial charge in [0.1, 0.15) is 5.82 Å². The van der Waals surface area contributed by atoms with Crippen LogP contribution < -0.4 is 5.32 Å². The topological polar surface area (TPSA) is 75.4 Å². The summed E-state index contributed by atoms with van der Waals surface area (Å²) in [5, 5.41) is 23.4. The second-order valence-corrected chi connectivity index (χ2v) is 3.77. The lowest BCUT2D eigenvalue weighted by molar-refractivity contribution is -0.386. The molecule has 1 heterocycles. The third-order valence-corrected chi connectivity index (χ3v) is 2.72. The van der Waals surface area contributed by atoms with Crippen molar-refractivity contribution >= 4 is 5.69 Å². The molecule has 1 aromatic carbocycles. The molecule has 2 N–H and O–H groups in total. The van der Waals surface area contributed by atoms with Crippen LogP contribution in [0.3, 0.4) is 0 Å². The maximum absolute atomic E-state index is 13.2. The summed E-state index contributed by atoms with van der Waals surface area (Å²) in [5.74, 6) is -1.14. The summed E-state index contributed by atoms with van der Waals surface area (Å²) in [6.07, 6.45) is 1.66. The Kier molecular flexibility index (Phi) is 2.74. The van der Waals surface area contributed by atoms with Crippen LogP contribution >= 0.6 is 0 Å². The number of aromatic hydroxyl groups is 1. The van der Waals surface area contributed by atoms with Gasteiger partial charge in [-0.2, -0.15) is 0 Å². The molecule has 0 radical (unpaired) electrons. The van der Waals surface area contributed by atoms with E-state index in [0.29, 0.717) is 0 Å². The highest BCUT2D eigenvalue weighted by molar-refractivity contribution is 5.52. The zero-order valence-electron chi connectivity index (χ0n) is 8.44. The Bertz CT molecular complexity index is 430. The van der Waals surface area contributed by atoms with Crippen molar-refractivity contribution in [1.82, 2.24) is 5.32 Å². The maximum atomic E-state index is 13.2. The van der Waals surface area contributed by atoms with Gasteiger partial charge in [-0.05, 0) is 25.5 Å². The van der Waals surface area contributed by atoms with Gasteiger partial charge in [-0.3, -0.25) is 10.1 Å². The Balaban J connectivity index is 2.47. The number of nitrogens with zero attached hydrogens (tertiary/aromatic N) is 1. The second-order valence-electron chi connectivity index (χ2n) is 3.77. The van der Waals surface area contributed by atoms with Crippen LogP contribution in [0, 0.1) is 15.9 Å². The van der Waals surface area contributed by atoms with E-state index in [-0.39, 0.29) is 11.6 Å². The number of halogens is 1. The summed E-state index contributed by atoms with van der Waals surface area (Å²) in [6.45, 7) is 0.772. The number of nitro groups is 1. The molecule has 1 saturated heterocycles. The third-order valence-electron chi connectivity index (χ3n) is 2.72. The first-order valence-corrected chi connectivity index (χ1v) is 5.00. The predicted molar refractivity (Wildman–Crippen MR) is 54.7 cm³/mol. The molecule has 1 aliphatic rings. The number of nitrogens with one attached hydrogen (secondary N) is 1. The molecular weight excluding hydrogens is 215 g/mol. The fourth-order valence-corrected chi connectivity index (χ4v) is 1.96. The first kappa shape index (κ1) is 10.8. The molecule has 0 spiro atoms. The van der Waals surface area contributed by atoms with E-state index < -0.39 is 22.2 Å². The Morgan fingerprint density at radius 1 is 1.56 bits per heavy atom. The minimum Gasteiger partial charge on any atom is -0.502 e. The van der Waals surface area contributed by atoms with Gasteiger partial charge in [-0.25, -0.2) is 4.39 Å². The molecule has 1 fully saturated rings. The summed E-state index contributed by atoms with van der Waals surface area (Å²) in [5.41, 5.74) is -0.312. The quantitative estimate of drug-likeness (QED) is 0.596. The summed E-state index contributed by atoms with van der Waals surface area (Å²) in [6, 6.07) is 1.67. The Morgan fingerprint density at radius 2 is 2.31 bits per heavy atom. The first-order valence-electron chi connectivity index (χ1n) is 5.00. The van der Waals surface area contributed by atoms with Crippen LogP contribution in [-0.4, -0.2) is 16.6 Å². The van der Waals surface area contributed by atoms with Gasteiger partial charge in [0, 0.05) is 11.6 Å². The molecule has 1 aliphatic heterocycles. The monoisotopic (exact) mass is 226 g/mol. The molecule has 6 heteroatoms. The third kappa shape index (κ3) is 1.83. The lowest BCUT2D eigenvalue weighted by atomic mass is 10.0. The molecule has 0 aromatic heterocycles. The second kappa shape index (κ2) is 4.05. The van der Waals surface area contributed by atoms with Gasteiger partial charge in [-0.1, -0.05) is 0 Å². The molecule has 0 aliphatic carbocycles. The van der Waals surface area contributed by atoms with Crippen molar-refractivity contribution in [1.29, 1.82) is 0 Å². The molecule has 1 atom stereocenters. The number of nitro benzene ring substituents is 1. The van der Waals surface area contributed by atoms with Crippen LogP contribution in [0.5, 0.6) is 5.75 Å². The van der Waals surface area contributed by atoms with E-state index in [9.17, 15) is 19.6 Å². The molecule has 0 unspecified atom stereocenters. The van der Waals surface area contributed by atoms with Crippen LogP contribution in [0.4, 0.5) is 10.1 Å². The number of rotatable bonds is 2. The molecule has 5 nitrogen and oxygen atoms in total. The smallest absolute Gasteiger partial charge is 0.313 e. The van der Waals surface area contributed by atoms with Crippen molar-refractivity contribution in [2.45, 2.75) is 18.9 Å². The van der Waals surface area contributed by atoms with E-state index in [4.69, 9.17) is 0 Å². The Labute approximate surface area is 91.0 Å². The Morgan fingerprint density at radius 3 is 2.88 bits per heavy atom. The van der Waals surface area contributed by atoms with E-state index in [1.807, 2.05) is 0 Å². The molecule has 0 amide bonds. The minimum absolute atomic E-state index is 0.200. The van der Waals surface area contributed by atoms with Gasteiger partial charge in [0.05, 0.1) is 11.0 Å². The van der Waals surface area contributed by atoms with E-state index in [2.05, 4.69) is 5.32 Å². The molecule has 2 rings (SSSR count). The van der Waals surface area contributed by atoms with Crippen molar-refractivity contribution in [2.75, 3.05) is 6.54 Å². The van der Waals surface area contributed by atoms with Crippen LogP contribution in [0.1, 0.15) is 24.4 Å². The lowest BCUT2D eigenvalue weighted by Gasteiger charge is -2.12. The molecule has 0 bridgehead atoms. The van der Waals surface area contributed by atoms with Crippen LogP contribution in [0.25, 0.3) is 0 Å². The van der Waals surface area contributed by atoms with Crippen LogP contribution in [-0.2, 0) is 0 Å². The molecular formula is C10H11FN2O3. The van der Waals surface area contributed by atoms with Crippen molar-refractivity contribution in [3.63, 3.8) is 0 Å². The molecule has 16 heavy (non-hydrogen) atoms. The first-order chi connectivity index (χ1) is 7.59. The standard InChI is InChI=1S/C10H11FN2O3/c11-6-4-7(8-2-1-3-12-8)10(14)9(5-6)13(15)16/h4-5,8,12,14H,1-3H2/t8-/m0/s1. The van der Waals surface area contributed by atoms with E-state index in [1.54, 1.807) is 0 Å². The van der Waals surface area contributed by atoms with Gasteiger partial charge in [0.25, 0.3) is 0 Å². The highest BCUT2D eigenvalue weighted by Crippen LogP contribution is 2.37. The molecule has 0 saturated carbocycles. The number of benzene rings is 1. The van der Waals surface area contributed by atoms with E-state index in [1.165, 1.54) is 0 Å². The van der Waals surface area contributed by atoms with Crippen LogP contribution in [0.15, 0.2) is 12.1 Å². The van der Waals surface area contributed by atoms with Crippen molar-refractivity contribution in [2.24, 2.45) is 0 Å². The van der Waals surface area contributed by atoms with Crippen molar-refractivity contribution in [3.8, 4) is 5.75 Å². The summed E-state index contributed by atoms with van der Waals surface area (Å²) >= 11 is 0. The van der Waals surface area contributed by atoms with Crippen molar-refractivity contribution in [3.05, 3.63) is 33.6 Å². The number of hydrogen-bond acceptors (Lipinski definition) is 4. The highest BCUT2D eigenvalue weighted by atomic mass is 19.1. The molecule has 86 valence electrons. The zero-order valence-corrected chi connectivity index (χ0v) is 8.44. The lowest BCUT2D eigenvalue weighted by Crippen LogP contribution is -2.13. The number of phenolic OH excluding ortho intramolecular Hbond substituents is 1. The molecule has 1 aromatic rings. The summed E-state index contributed by atoms with van der Waals surface area (Å²) in [4.78, 5) is 9.82. The van der Waals surface area contributed by atoms with Gasteiger partial charge in [0.15, 0.2) is 5.75 Å². The SMILES string of the molecule is O=[N+]([O-])c1cc(F)cc([C@@H]2CCCN2)c1O. The van der Waals surface area contributed by atoms with Gasteiger partial charge < -0.3 is 10.4 Å². The normalized spacial score (nSPS) is 19.9. The minimum atomic E-state index is -0.781. The van der Waals surface area contributed by atoms with Gasteiger partial charge in [0.2, 0.25) is 0 Å². The zero-order chi connectivity index (χ0) is 11.7. The highest BCUT2D eigenvalue weighted by Gasteiger charge is 2.26. The maximum Gasteiger partial charge on any atom is 0.313 e. The largest absolute Gasteiger partial charge is 0.502 e. The van der Waals surface area contributed by atoms with Crippen LogP contribution in [0.2, 0.25) is 0 Å². The fourth-order valence-electron chi connectivity index (χ4n) is 1.96. The average Bonchev–Trinajstić information content (AvgIpc) is 2.73. The summed E-state index contributed by atoms with van der Waals surface area (Å²) < 4.78 is 13.2. The van der Waals surface area contributed by atoms with Gasteiger partial charge in [-0.15, -0.1) is 0 Å². The Hall–Kier alpha value is -1.69. The van der Waals surface area contributed by atoms with Gasteiger partial charge >= 0.3 is 5.69 Å². The number of hydrogen-bond donors (Lipinski definition) is 2. The fraction of sp³-hybridized carbons (Fsp3) is 0.400. The van der Waals surface area contributed by atoms with E-state index >= 15 is 0 Å². The number of phenols is 1. The summed E-state index contributed by atoms with van der Waals surface area (Å²) in [7, 11) is 0.